The molecule has 1 aliphatic rings. The molecule has 0 saturated heterocycles. The third kappa shape index (κ3) is 6.69. The number of fused-ring (bicyclic) bond motifs is 3. The third-order valence-corrected chi connectivity index (χ3v) is 10.9. The van der Waals surface area contributed by atoms with Crippen molar-refractivity contribution in [3.05, 3.63) is 186 Å². The number of anilines is 3. The monoisotopic (exact) mass is 677 g/mol. The first-order chi connectivity index (χ1) is 25.1. The molecule has 6 aromatic rings. The fraction of sp³-hybridized carbons (Fsp3) is 0.216. The number of rotatable bonds is 10. The number of hydrogen-bond donors (Lipinski definition) is 0. The summed E-state index contributed by atoms with van der Waals surface area (Å²) in [4.78, 5) is 2.44. The van der Waals surface area contributed by atoms with Crippen molar-refractivity contribution < 1.29 is 0 Å². The number of para-hydroxylation sites is 1. The lowest BCUT2D eigenvalue weighted by atomic mass is 9.74. The molecule has 0 saturated carbocycles. The summed E-state index contributed by atoms with van der Waals surface area (Å²) >= 11 is 0. The van der Waals surface area contributed by atoms with Crippen molar-refractivity contribution in [1.82, 2.24) is 0 Å². The van der Waals surface area contributed by atoms with Gasteiger partial charge in [-0.05, 0) is 113 Å². The number of aryl methyl sites for hydroxylation is 1. The summed E-state index contributed by atoms with van der Waals surface area (Å²) < 4.78 is 0. The third-order valence-electron chi connectivity index (χ3n) is 10.9. The summed E-state index contributed by atoms with van der Waals surface area (Å²) in [6.07, 6.45) is 8.80. The second-order valence-corrected chi connectivity index (χ2v) is 15.6. The van der Waals surface area contributed by atoms with Gasteiger partial charge >= 0.3 is 0 Å². The molecule has 0 amide bonds. The Bertz CT molecular complexity index is 2250. The smallest absolute Gasteiger partial charge is 0.0540 e. The van der Waals surface area contributed by atoms with Crippen LogP contribution in [0.4, 0.5) is 17.1 Å². The molecule has 0 spiro atoms. The fourth-order valence-electron chi connectivity index (χ4n) is 8.36. The van der Waals surface area contributed by atoms with Gasteiger partial charge in [-0.1, -0.05) is 168 Å². The first kappa shape index (κ1) is 35.0. The summed E-state index contributed by atoms with van der Waals surface area (Å²) in [5, 5.41) is 0. The molecule has 0 aromatic heterocycles. The zero-order valence-electron chi connectivity index (χ0n) is 31.9. The van der Waals surface area contributed by atoms with Crippen molar-refractivity contribution in [2.24, 2.45) is 0 Å². The molecule has 0 bridgehead atoms. The number of allylic oxidation sites excluding steroid dienone is 4. The SMILES string of the molecule is CC/C=C\C=C(/C)CC(C)(C)c1cc2c(cc1C)C(C)(C)c1cc(N(c3ccc(-c4ccccc4)cc3)c3ccccc3-c3ccccc3)ccc1-2. The highest BCUT2D eigenvalue weighted by Crippen LogP contribution is 2.53. The average Bonchev–Trinajstić information content (AvgIpc) is 3.37. The zero-order valence-corrected chi connectivity index (χ0v) is 31.9. The second-order valence-electron chi connectivity index (χ2n) is 15.6. The van der Waals surface area contributed by atoms with Crippen LogP contribution < -0.4 is 4.90 Å². The van der Waals surface area contributed by atoms with E-state index in [2.05, 4.69) is 211 Å². The van der Waals surface area contributed by atoms with Gasteiger partial charge in [0, 0.05) is 22.4 Å². The van der Waals surface area contributed by atoms with Crippen LogP contribution in [0.2, 0.25) is 0 Å². The van der Waals surface area contributed by atoms with Gasteiger partial charge in [0.05, 0.1) is 5.69 Å². The lowest BCUT2D eigenvalue weighted by Gasteiger charge is -2.30. The average molecular weight is 678 g/mol. The Labute approximate surface area is 312 Å². The van der Waals surface area contributed by atoms with E-state index < -0.39 is 0 Å². The highest BCUT2D eigenvalue weighted by atomic mass is 15.1. The maximum atomic E-state index is 2.51. The lowest BCUT2D eigenvalue weighted by molar-refractivity contribution is 0.516. The van der Waals surface area contributed by atoms with Gasteiger partial charge in [0.15, 0.2) is 0 Å². The molecule has 0 atom stereocenters. The van der Waals surface area contributed by atoms with Crippen LogP contribution in [0.25, 0.3) is 33.4 Å². The topological polar surface area (TPSA) is 3.24 Å². The molecule has 7 rings (SSSR count). The van der Waals surface area contributed by atoms with E-state index in [0.717, 1.165) is 29.9 Å². The first-order valence-corrected chi connectivity index (χ1v) is 18.8. The van der Waals surface area contributed by atoms with E-state index in [-0.39, 0.29) is 10.8 Å². The van der Waals surface area contributed by atoms with Crippen molar-refractivity contribution in [1.29, 1.82) is 0 Å². The molecule has 1 nitrogen and oxygen atoms in total. The number of hydrogen-bond acceptors (Lipinski definition) is 1. The summed E-state index contributed by atoms with van der Waals surface area (Å²) in [6.45, 7) is 16.4. The molecule has 52 heavy (non-hydrogen) atoms. The molecule has 0 unspecified atom stereocenters. The summed E-state index contributed by atoms with van der Waals surface area (Å²) in [5.74, 6) is 0. The Kier molecular flexibility index (Phi) is 9.64. The molecule has 260 valence electrons. The largest absolute Gasteiger partial charge is 0.310 e. The van der Waals surface area contributed by atoms with Crippen molar-refractivity contribution in [2.45, 2.75) is 72.1 Å². The van der Waals surface area contributed by atoms with Gasteiger partial charge in [-0.2, -0.15) is 0 Å². The van der Waals surface area contributed by atoms with Gasteiger partial charge in [0.25, 0.3) is 0 Å². The zero-order chi connectivity index (χ0) is 36.5. The Hall–Kier alpha value is -5.40. The summed E-state index contributed by atoms with van der Waals surface area (Å²) in [5.41, 5.74) is 17.9. The molecule has 0 fully saturated rings. The van der Waals surface area contributed by atoms with Crippen LogP contribution in [0.15, 0.2) is 163 Å². The molecule has 1 aliphatic carbocycles. The highest BCUT2D eigenvalue weighted by Gasteiger charge is 2.38. The minimum absolute atomic E-state index is 0.0104. The Balaban J connectivity index is 1.35. The quantitative estimate of drug-likeness (QED) is 0.130. The Morgan fingerprint density at radius 2 is 1.23 bits per heavy atom. The predicted octanol–water partition coefficient (Wildman–Crippen LogP) is 14.7. The first-order valence-electron chi connectivity index (χ1n) is 18.8. The van der Waals surface area contributed by atoms with E-state index in [9.17, 15) is 0 Å². The van der Waals surface area contributed by atoms with E-state index in [4.69, 9.17) is 0 Å². The molecule has 0 radical (unpaired) electrons. The summed E-state index contributed by atoms with van der Waals surface area (Å²) in [6, 6.07) is 51.4. The maximum absolute atomic E-state index is 2.51. The van der Waals surface area contributed by atoms with Crippen molar-refractivity contribution in [2.75, 3.05) is 4.90 Å². The summed E-state index contributed by atoms with van der Waals surface area (Å²) in [7, 11) is 0. The van der Waals surface area contributed by atoms with Crippen LogP contribution >= 0.6 is 0 Å². The van der Waals surface area contributed by atoms with Crippen LogP contribution in [-0.4, -0.2) is 0 Å². The van der Waals surface area contributed by atoms with Crippen LogP contribution in [0.3, 0.4) is 0 Å². The molecule has 0 N–H and O–H groups in total. The van der Waals surface area contributed by atoms with Gasteiger partial charge in [0.1, 0.15) is 0 Å². The van der Waals surface area contributed by atoms with Crippen molar-refractivity contribution in [3.63, 3.8) is 0 Å². The molecular weight excluding hydrogens is 627 g/mol. The fourth-order valence-corrected chi connectivity index (χ4v) is 8.36. The van der Waals surface area contributed by atoms with E-state index >= 15 is 0 Å². The van der Waals surface area contributed by atoms with E-state index in [0.29, 0.717) is 0 Å². The number of benzene rings is 6. The molecule has 1 heteroatoms. The number of nitrogens with zero attached hydrogens (tertiary/aromatic N) is 1. The van der Waals surface area contributed by atoms with Gasteiger partial charge in [-0.25, -0.2) is 0 Å². The van der Waals surface area contributed by atoms with E-state index in [1.54, 1.807) is 0 Å². The van der Waals surface area contributed by atoms with Crippen molar-refractivity contribution in [3.8, 4) is 33.4 Å². The minimum Gasteiger partial charge on any atom is -0.310 e. The van der Waals surface area contributed by atoms with Crippen LogP contribution in [0.1, 0.15) is 76.6 Å². The van der Waals surface area contributed by atoms with Gasteiger partial charge in [0.2, 0.25) is 0 Å². The lowest BCUT2D eigenvalue weighted by Crippen LogP contribution is -2.21. The normalized spacial score (nSPS) is 13.6. The predicted molar refractivity (Wildman–Crippen MR) is 225 cm³/mol. The van der Waals surface area contributed by atoms with Gasteiger partial charge in [-0.3, -0.25) is 0 Å². The van der Waals surface area contributed by atoms with Gasteiger partial charge < -0.3 is 4.90 Å². The van der Waals surface area contributed by atoms with Gasteiger partial charge in [-0.15, -0.1) is 0 Å². The van der Waals surface area contributed by atoms with Crippen LogP contribution in [-0.2, 0) is 10.8 Å². The van der Waals surface area contributed by atoms with Crippen molar-refractivity contribution >= 4 is 17.1 Å². The maximum Gasteiger partial charge on any atom is 0.0540 e. The Morgan fingerprint density at radius 1 is 0.635 bits per heavy atom. The van der Waals surface area contributed by atoms with Crippen LogP contribution in [0.5, 0.6) is 0 Å². The second kappa shape index (κ2) is 14.3. The Morgan fingerprint density at radius 3 is 1.92 bits per heavy atom. The minimum atomic E-state index is -0.142. The molecular formula is C51H51N. The van der Waals surface area contributed by atoms with E-state index in [1.165, 1.54) is 61.2 Å². The van der Waals surface area contributed by atoms with Crippen LogP contribution in [0, 0.1) is 6.92 Å². The molecule has 6 aromatic carbocycles. The van der Waals surface area contributed by atoms with E-state index in [1.807, 2.05) is 0 Å². The molecule has 0 heterocycles. The highest BCUT2D eigenvalue weighted by molar-refractivity contribution is 5.91. The standard InChI is InChI=1S/C51H51N/c1-8-9-12-19-36(2)35-50(4,5)46-34-45-44-31-30-42(33-48(44)51(6,7)47(45)32-37(46)3)52(41-28-26-39(27-29-41)38-20-13-10-14-21-38)49-25-18-17-24-43(49)40-22-15-11-16-23-40/h9-34H,8,35H2,1-7H3/b12-9-,36-19+. The molecule has 0 aliphatic heterocycles.